The van der Waals surface area contributed by atoms with Gasteiger partial charge in [0.05, 0.1) is 0 Å². The summed E-state index contributed by atoms with van der Waals surface area (Å²) in [5, 5.41) is 3.87. The van der Waals surface area contributed by atoms with E-state index in [-0.39, 0.29) is 0 Å². The summed E-state index contributed by atoms with van der Waals surface area (Å²) in [6.07, 6.45) is 9.76. The van der Waals surface area contributed by atoms with E-state index in [4.69, 9.17) is 0 Å². The first-order chi connectivity index (χ1) is 7.67. The Labute approximate surface area is 102 Å². The standard InChI is InChI=1S/C15H31N/c1-5-12(3)11-15(6-2)16-13(4)14-9-7-8-10-14/h12-16H,5-11H2,1-4H3/t12?,13-,15?/m1/s1. The molecule has 1 aliphatic rings. The topological polar surface area (TPSA) is 12.0 Å². The van der Waals surface area contributed by atoms with Gasteiger partial charge in [-0.1, -0.05) is 40.0 Å². The molecule has 0 bridgehead atoms. The first-order valence-electron chi connectivity index (χ1n) is 7.43. The zero-order chi connectivity index (χ0) is 12.0. The van der Waals surface area contributed by atoms with Gasteiger partial charge in [0.1, 0.15) is 0 Å². The lowest BCUT2D eigenvalue weighted by atomic mass is 9.94. The third kappa shape index (κ3) is 4.45. The Morgan fingerprint density at radius 2 is 1.69 bits per heavy atom. The van der Waals surface area contributed by atoms with Crippen molar-refractivity contribution in [3.63, 3.8) is 0 Å². The first kappa shape index (κ1) is 14.0. The van der Waals surface area contributed by atoms with E-state index in [2.05, 4.69) is 33.0 Å². The maximum atomic E-state index is 3.87. The van der Waals surface area contributed by atoms with Gasteiger partial charge in [0.2, 0.25) is 0 Å². The number of hydrogen-bond donors (Lipinski definition) is 1. The minimum Gasteiger partial charge on any atom is -0.311 e. The van der Waals surface area contributed by atoms with Crippen molar-refractivity contribution in [2.45, 2.75) is 84.7 Å². The second kappa shape index (κ2) is 7.32. The molecule has 0 radical (unpaired) electrons. The van der Waals surface area contributed by atoms with Crippen LogP contribution in [0, 0.1) is 11.8 Å². The molecule has 1 heteroatoms. The Bertz CT molecular complexity index is 172. The molecular formula is C15H31N. The molecule has 1 aliphatic carbocycles. The van der Waals surface area contributed by atoms with Crippen molar-refractivity contribution in [1.29, 1.82) is 0 Å². The Kier molecular flexibility index (Phi) is 6.41. The molecule has 16 heavy (non-hydrogen) atoms. The van der Waals surface area contributed by atoms with Crippen LogP contribution in [0.5, 0.6) is 0 Å². The molecule has 1 fully saturated rings. The van der Waals surface area contributed by atoms with Crippen molar-refractivity contribution in [3.05, 3.63) is 0 Å². The first-order valence-corrected chi connectivity index (χ1v) is 7.43. The van der Waals surface area contributed by atoms with Gasteiger partial charge in [0, 0.05) is 12.1 Å². The molecule has 0 aromatic carbocycles. The van der Waals surface area contributed by atoms with Crippen molar-refractivity contribution >= 4 is 0 Å². The summed E-state index contributed by atoms with van der Waals surface area (Å²) in [6, 6.07) is 1.47. The zero-order valence-electron chi connectivity index (χ0n) is 11.8. The molecule has 3 atom stereocenters. The Balaban J connectivity index is 2.30. The average Bonchev–Trinajstić information content (AvgIpc) is 2.81. The molecule has 0 spiro atoms. The summed E-state index contributed by atoms with van der Waals surface area (Å²) >= 11 is 0. The van der Waals surface area contributed by atoms with Gasteiger partial charge in [-0.15, -0.1) is 0 Å². The number of nitrogens with one attached hydrogen (secondary N) is 1. The third-order valence-electron chi connectivity index (χ3n) is 4.48. The molecule has 1 N–H and O–H groups in total. The smallest absolute Gasteiger partial charge is 0.00695 e. The van der Waals surface area contributed by atoms with Gasteiger partial charge in [-0.2, -0.15) is 0 Å². The highest BCUT2D eigenvalue weighted by molar-refractivity contribution is 4.80. The SMILES string of the molecule is CCC(C)CC(CC)N[C@H](C)C1CCCC1. The Hall–Kier alpha value is -0.0400. The summed E-state index contributed by atoms with van der Waals surface area (Å²) in [5.74, 6) is 1.82. The molecule has 0 aliphatic heterocycles. The van der Waals surface area contributed by atoms with Crippen LogP contribution in [0.25, 0.3) is 0 Å². The highest BCUT2D eigenvalue weighted by Crippen LogP contribution is 2.28. The van der Waals surface area contributed by atoms with E-state index in [9.17, 15) is 0 Å². The maximum absolute atomic E-state index is 3.87. The predicted molar refractivity (Wildman–Crippen MR) is 72.7 cm³/mol. The highest BCUT2D eigenvalue weighted by atomic mass is 14.9. The highest BCUT2D eigenvalue weighted by Gasteiger charge is 2.23. The second-order valence-electron chi connectivity index (χ2n) is 5.85. The van der Waals surface area contributed by atoms with Crippen LogP contribution < -0.4 is 5.32 Å². The van der Waals surface area contributed by atoms with E-state index in [1.807, 2.05) is 0 Å². The van der Waals surface area contributed by atoms with Crippen LogP contribution in [0.15, 0.2) is 0 Å². The molecule has 1 rings (SSSR count). The minimum absolute atomic E-state index is 0.733. The lowest BCUT2D eigenvalue weighted by Crippen LogP contribution is -2.40. The molecular weight excluding hydrogens is 194 g/mol. The van der Waals surface area contributed by atoms with Crippen LogP contribution in [-0.4, -0.2) is 12.1 Å². The minimum atomic E-state index is 0.733. The van der Waals surface area contributed by atoms with E-state index >= 15 is 0 Å². The normalized spacial score (nSPS) is 23.2. The molecule has 0 aromatic heterocycles. The predicted octanol–water partition coefficient (Wildman–Crippen LogP) is 4.37. The van der Waals surface area contributed by atoms with Crippen molar-refractivity contribution in [1.82, 2.24) is 5.32 Å². The van der Waals surface area contributed by atoms with Crippen LogP contribution in [-0.2, 0) is 0 Å². The summed E-state index contributed by atoms with van der Waals surface area (Å²) in [7, 11) is 0. The van der Waals surface area contributed by atoms with Crippen molar-refractivity contribution < 1.29 is 0 Å². The lowest BCUT2D eigenvalue weighted by molar-refractivity contribution is 0.301. The molecule has 1 nitrogen and oxygen atoms in total. The molecule has 0 heterocycles. The fourth-order valence-electron chi connectivity index (χ4n) is 2.97. The van der Waals surface area contributed by atoms with Gasteiger partial charge in [0.25, 0.3) is 0 Å². The fraction of sp³-hybridized carbons (Fsp3) is 1.00. The van der Waals surface area contributed by atoms with Crippen LogP contribution >= 0.6 is 0 Å². The number of rotatable bonds is 7. The molecule has 0 aromatic rings. The van der Waals surface area contributed by atoms with E-state index in [1.165, 1.54) is 44.9 Å². The van der Waals surface area contributed by atoms with E-state index in [0.717, 1.165) is 23.9 Å². The van der Waals surface area contributed by atoms with E-state index in [1.54, 1.807) is 0 Å². The van der Waals surface area contributed by atoms with E-state index < -0.39 is 0 Å². The van der Waals surface area contributed by atoms with Crippen molar-refractivity contribution in [3.8, 4) is 0 Å². The molecule has 0 amide bonds. The maximum Gasteiger partial charge on any atom is 0.00695 e. The molecule has 0 saturated heterocycles. The molecule has 1 saturated carbocycles. The van der Waals surface area contributed by atoms with Gasteiger partial charge in [-0.25, -0.2) is 0 Å². The largest absolute Gasteiger partial charge is 0.311 e. The summed E-state index contributed by atoms with van der Waals surface area (Å²) in [4.78, 5) is 0. The van der Waals surface area contributed by atoms with Gasteiger partial charge >= 0.3 is 0 Å². The monoisotopic (exact) mass is 225 g/mol. The second-order valence-corrected chi connectivity index (χ2v) is 5.85. The van der Waals surface area contributed by atoms with Crippen molar-refractivity contribution in [2.75, 3.05) is 0 Å². The fourth-order valence-corrected chi connectivity index (χ4v) is 2.97. The van der Waals surface area contributed by atoms with Crippen LogP contribution in [0.1, 0.15) is 72.6 Å². The molecule has 2 unspecified atom stereocenters. The lowest BCUT2D eigenvalue weighted by Gasteiger charge is -2.28. The van der Waals surface area contributed by atoms with Gasteiger partial charge in [0.15, 0.2) is 0 Å². The van der Waals surface area contributed by atoms with Crippen molar-refractivity contribution in [2.24, 2.45) is 11.8 Å². The third-order valence-corrected chi connectivity index (χ3v) is 4.48. The quantitative estimate of drug-likeness (QED) is 0.678. The van der Waals surface area contributed by atoms with Gasteiger partial charge in [-0.05, 0) is 44.4 Å². The van der Waals surface area contributed by atoms with Gasteiger partial charge in [-0.3, -0.25) is 0 Å². The van der Waals surface area contributed by atoms with Crippen LogP contribution in [0.4, 0.5) is 0 Å². The summed E-state index contributed by atoms with van der Waals surface area (Å²) in [6.45, 7) is 9.40. The Morgan fingerprint density at radius 3 is 2.19 bits per heavy atom. The van der Waals surface area contributed by atoms with Crippen LogP contribution in [0.2, 0.25) is 0 Å². The van der Waals surface area contributed by atoms with Gasteiger partial charge < -0.3 is 5.32 Å². The summed E-state index contributed by atoms with van der Waals surface area (Å²) in [5.41, 5.74) is 0. The Morgan fingerprint density at radius 1 is 1.06 bits per heavy atom. The van der Waals surface area contributed by atoms with E-state index in [0.29, 0.717) is 0 Å². The molecule has 96 valence electrons. The zero-order valence-corrected chi connectivity index (χ0v) is 11.8. The van der Waals surface area contributed by atoms with Crippen LogP contribution in [0.3, 0.4) is 0 Å². The average molecular weight is 225 g/mol. The number of hydrogen-bond acceptors (Lipinski definition) is 1. The summed E-state index contributed by atoms with van der Waals surface area (Å²) < 4.78 is 0.